The molecular formula is C18H20N2O6S. The van der Waals surface area contributed by atoms with Gasteiger partial charge in [0.25, 0.3) is 11.8 Å². The van der Waals surface area contributed by atoms with Gasteiger partial charge >= 0.3 is 11.9 Å². The molecule has 3 atom stereocenters. The Kier molecular flexibility index (Phi) is 5.81. The van der Waals surface area contributed by atoms with Crippen molar-refractivity contribution in [3.63, 3.8) is 0 Å². The molecule has 1 aromatic rings. The predicted molar refractivity (Wildman–Crippen MR) is 97.4 cm³/mol. The van der Waals surface area contributed by atoms with Crippen molar-refractivity contribution in [2.24, 2.45) is 0 Å². The van der Waals surface area contributed by atoms with Crippen molar-refractivity contribution in [1.82, 2.24) is 10.2 Å². The average molecular weight is 392 g/mol. The van der Waals surface area contributed by atoms with Gasteiger partial charge < -0.3 is 9.84 Å². The number of carbonyl (C=O) groups is 4. The quantitative estimate of drug-likeness (QED) is 0.524. The number of fused-ring (bicyclic) bond motifs is 1. The largest absolute Gasteiger partial charge is 0.480 e. The van der Waals surface area contributed by atoms with Crippen molar-refractivity contribution >= 4 is 35.5 Å². The third-order valence-electron chi connectivity index (χ3n) is 4.70. The zero-order valence-electron chi connectivity index (χ0n) is 14.7. The molecule has 1 fully saturated rings. The highest BCUT2D eigenvalue weighted by Crippen LogP contribution is 2.28. The van der Waals surface area contributed by atoms with E-state index in [-0.39, 0.29) is 34.9 Å². The first-order chi connectivity index (χ1) is 12.9. The van der Waals surface area contributed by atoms with Gasteiger partial charge in [0.05, 0.1) is 23.6 Å². The first-order valence-corrected chi connectivity index (χ1v) is 9.64. The number of rotatable bonds is 7. The Morgan fingerprint density at radius 3 is 2.48 bits per heavy atom. The van der Waals surface area contributed by atoms with Crippen molar-refractivity contribution in [2.45, 2.75) is 36.7 Å². The van der Waals surface area contributed by atoms with Crippen LogP contribution in [0.2, 0.25) is 0 Å². The molecule has 1 saturated heterocycles. The number of carboxylic acids is 1. The summed E-state index contributed by atoms with van der Waals surface area (Å²) >= 11 is 1.57. The molecule has 0 aromatic heterocycles. The van der Waals surface area contributed by atoms with Gasteiger partial charge in [-0.2, -0.15) is 0 Å². The highest BCUT2D eigenvalue weighted by Gasteiger charge is 2.42. The van der Waals surface area contributed by atoms with E-state index in [1.165, 1.54) is 19.2 Å². The highest BCUT2D eigenvalue weighted by molar-refractivity contribution is 8.00. The Morgan fingerprint density at radius 1 is 1.30 bits per heavy atom. The number of thioether (sulfide) groups is 1. The fourth-order valence-electron chi connectivity index (χ4n) is 3.33. The second kappa shape index (κ2) is 8.10. The number of aliphatic carboxylic acids is 1. The number of benzene rings is 1. The van der Waals surface area contributed by atoms with Crippen molar-refractivity contribution in [2.75, 3.05) is 12.9 Å². The van der Waals surface area contributed by atoms with Crippen LogP contribution < -0.4 is 5.32 Å². The summed E-state index contributed by atoms with van der Waals surface area (Å²) in [6.07, 6.45) is 1.26. The summed E-state index contributed by atoms with van der Waals surface area (Å²) < 4.78 is 4.70. The second-order valence-corrected chi connectivity index (χ2v) is 7.61. The van der Waals surface area contributed by atoms with Crippen LogP contribution >= 0.6 is 11.8 Å². The Morgan fingerprint density at radius 2 is 1.93 bits per heavy atom. The second-order valence-electron chi connectivity index (χ2n) is 6.38. The summed E-state index contributed by atoms with van der Waals surface area (Å²) in [6, 6.07) is 4.77. The van der Waals surface area contributed by atoms with E-state index in [0.717, 1.165) is 4.90 Å². The molecule has 9 heteroatoms. The molecule has 0 aliphatic carbocycles. The smallest absolute Gasteiger partial charge is 0.326 e. The molecule has 2 amide bonds. The van der Waals surface area contributed by atoms with Gasteiger partial charge in [-0.25, -0.2) is 4.79 Å². The number of carboxylic acid groups (broad SMARTS) is 1. The van der Waals surface area contributed by atoms with Crippen LogP contribution in [0.3, 0.4) is 0 Å². The number of amides is 2. The Bertz CT molecular complexity index is 748. The summed E-state index contributed by atoms with van der Waals surface area (Å²) in [6.45, 7) is 0. The van der Waals surface area contributed by atoms with Crippen LogP contribution in [0.4, 0.5) is 0 Å². The van der Waals surface area contributed by atoms with Crippen molar-refractivity contribution in [3.8, 4) is 0 Å². The minimum absolute atomic E-state index is 0.00530. The van der Waals surface area contributed by atoms with E-state index >= 15 is 0 Å². The van der Waals surface area contributed by atoms with Crippen LogP contribution in [0.1, 0.15) is 40.0 Å². The minimum atomic E-state index is -1.21. The predicted octanol–water partition coefficient (Wildman–Crippen LogP) is 1.11. The number of imide groups is 1. The fraction of sp³-hybridized carbons (Fsp3) is 0.444. The molecule has 144 valence electrons. The molecule has 2 aliphatic heterocycles. The van der Waals surface area contributed by atoms with Gasteiger partial charge in [-0.3, -0.25) is 24.6 Å². The van der Waals surface area contributed by atoms with Crippen LogP contribution in [0, 0.1) is 0 Å². The van der Waals surface area contributed by atoms with Gasteiger partial charge in [0, 0.05) is 5.75 Å². The Labute approximate surface area is 160 Å². The van der Waals surface area contributed by atoms with Gasteiger partial charge in [-0.15, -0.1) is 11.8 Å². The lowest BCUT2D eigenvalue weighted by atomic mass is 10.1. The van der Waals surface area contributed by atoms with Gasteiger partial charge in [-0.05, 0) is 31.4 Å². The molecule has 0 unspecified atom stereocenters. The van der Waals surface area contributed by atoms with E-state index in [2.05, 4.69) is 5.32 Å². The van der Waals surface area contributed by atoms with Crippen LogP contribution in [0.25, 0.3) is 0 Å². The maximum atomic E-state index is 12.5. The van der Waals surface area contributed by atoms with Crippen molar-refractivity contribution in [1.29, 1.82) is 0 Å². The highest BCUT2D eigenvalue weighted by atomic mass is 32.2. The molecule has 0 radical (unpaired) electrons. The Balaban J connectivity index is 1.60. The van der Waals surface area contributed by atoms with E-state index in [0.29, 0.717) is 18.6 Å². The number of nitrogens with one attached hydrogen (secondary N) is 1. The van der Waals surface area contributed by atoms with E-state index in [4.69, 9.17) is 4.74 Å². The minimum Gasteiger partial charge on any atom is -0.480 e. The molecular weight excluding hydrogens is 372 g/mol. The van der Waals surface area contributed by atoms with Gasteiger partial charge in [0.2, 0.25) is 0 Å². The van der Waals surface area contributed by atoms with Gasteiger partial charge in [0.1, 0.15) is 12.1 Å². The molecule has 1 aromatic carbocycles. The number of hydrogen-bond acceptors (Lipinski definition) is 7. The first-order valence-electron chi connectivity index (χ1n) is 8.59. The number of nitrogens with zero attached hydrogens (tertiary/aromatic N) is 1. The van der Waals surface area contributed by atoms with Crippen LogP contribution in [0.15, 0.2) is 24.3 Å². The summed E-state index contributed by atoms with van der Waals surface area (Å²) in [5.41, 5.74) is 0.477. The average Bonchev–Trinajstić information content (AvgIpc) is 3.23. The molecule has 2 aliphatic rings. The molecule has 8 nitrogen and oxygen atoms in total. The summed E-state index contributed by atoms with van der Waals surface area (Å²) in [5, 5.41) is 12.7. The molecule has 2 heterocycles. The van der Waals surface area contributed by atoms with E-state index < -0.39 is 23.8 Å². The van der Waals surface area contributed by atoms with Crippen molar-refractivity contribution in [3.05, 3.63) is 35.4 Å². The molecule has 0 bridgehead atoms. The summed E-state index contributed by atoms with van der Waals surface area (Å²) in [5.74, 6) is -2.06. The molecule has 0 spiro atoms. The van der Waals surface area contributed by atoms with E-state index in [1.807, 2.05) is 0 Å². The van der Waals surface area contributed by atoms with Crippen LogP contribution in [-0.4, -0.2) is 64.1 Å². The first kappa shape index (κ1) is 19.4. The molecule has 2 N–H and O–H groups in total. The number of esters is 1. The lowest BCUT2D eigenvalue weighted by Crippen LogP contribution is -2.45. The van der Waals surface area contributed by atoms with E-state index in [9.17, 15) is 24.3 Å². The zero-order valence-corrected chi connectivity index (χ0v) is 15.5. The lowest BCUT2D eigenvalue weighted by molar-refractivity contribution is -0.142. The van der Waals surface area contributed by atoms with Crippen LogP contribution in [-0.2, 0) is 14.3 Å². The van der Waals surface area contributed by atoms with Crippen molar-refractivity contribution < 1.29 is 29.0 Å². The number of hydrogen-bond donors (Lipinski definition) is 2. The fourth-order valence-corrected chi connectivity index (χ4v) is 4.58. The third-order valence-corrected chi connectivity index (χ3v) is 6.00. The number of carbonyl (C=O) groups excluding carboxylic acids is 3. The molecule has 27 heavy (non-hydrogen) atoms. The normalized spacial score (nSPS) is 22.6. The number of methoxy groups -OCH3 is 1. The third kappa shape index (κ3) is 3.84. The zero-order chi connectivity index (χ0) is 19.6. The van der Waals surface area contributed by atoms with E-state index in [1.54, 1.807) is 23.9 Å². The summed E-state index contributed by atoms with van der Waals surface area (Å²) in [4.78, 5) is 49.1. The number of ether oxygens (including phenoxy) is 1. The molecule has 0 saturated carbocycles. The maximum absolute atomic E-state index is 12.5. The topological polar surface area (TPSA) is 113 Å². The standard InChI is InChI=1S/C18H20N2O6S/c1-26-18(25)12-9-27-14(19-12)8-4-7-13(17(23)24)20-15(21)10-5-2-3-6-11(10)16(20)22/h2-3,5-6,12-14,19H,4,7-9H2,1H3,(H,23,24)/t12-,13+,14+/m0/s1. The Hall–Kier alpha value is -2.39. The van der Waals surface area contributed by atoms with Gasteiger partial charge in [0.15, 0.2) is 0 Å². The SMILES string of the molecule is COC(=O)[C@@H]1CS[C@H](CCC[C@H](C(=O)O)N2C(=O)c3ccccc3C2=O)N1. The summed E-state index contributed by atoms with van der Waals surface area (Å²) in [7, 11) is 1.33. The maximum Gasteiger partial charge on any atom is 0.326 e. The van der Waals surface area contributed by atoms with Gasteiger partial charge in [-0.1, -0.05) is 12.1 Å². The monoisotopic (exact) mass is 392 g/mol. The molecule has 3 rings (SSSR count). The van der Waals surface area contributed by atoms with Crippen LogP contribution in [0.5, 0.6) is 0 Å². The lowest BCUT2D eigenvalue weighted by Gasteiger charge is -2.23.